The van der Waals surface area contributed by atoms with Crippen LogP contribution in [0.2, 0.25) is 0 Å². The molecule has 2 N–H and O–H groups in total. The molecule has 0 aliphatic carbocycles. The number of aryl methyl sites for hydroxylation is 1. The fourth-order valence-electron chi connectivity index (χ4n) is 2.37. The Morgan fingerprint density at radius 2 is 2.11 bits per heavy atom. The van der Waals surface area contributed by atoms with Crippen LogP contribution < -0.4 is 5.32 Å². The lowest BCUT2D eigenvalue weighted by Gasteiger charge is -2.28. The minimum absolute atomic E-state index is 0.327. The molecule has 18 heavy (non-hydrogen) atoms. The van der Waals surface area contributed by atoms with Gasteiger partial charge in [0, 0.05) is 19.2 Å². The number of hydrogen-bond donors (Lipinski definition) is 2. The monoisotopic (exact) mass is 249 g/mol. The van der Waals surface area contributed by atoms with Crippen molar-refractivity contribution >= 4 is 0 Å². The Morgan fingerprint density at radius 1 is 1.39 bits per heavy atom. The summed E-state index contributed by atoms with van der Waals surface area (Å²) in [4.78, 5) is 0. The number of hydrogen-bond acceptors (Lipinski definition) is 3. The molecule has 1 heterocycles. The molecule has 1 aromatic rings. The third-order valence-electron chi connectivity index (χ3n) is 3.55. The molecule has 1 aromatic carbocycles. The van der Waals surface area contributed by atoms with E-state index in [4.69, 9.17) is 4.74 Å². The molecule has 1 saturated heterocycles. The van der Waals surface area contributed by atoms with Crippen LogP contribution >= 0.6 is 0 Å². The first-order valence-corrected chi connectivity index (χ1v) is 6.75. The Hall–Kier alpha value is -0.900. The lowest BCUT2D eigenvalue weighted by molar-refractivity contribution is 0.0109. The normalized spacial score (nSPS) is 25.9. The van der Waals surface area contributed by atoms with Gasteiger partial charge in [0.25, 0.3) is 0 Å². The minimum Gasteiger partial charge on any atom is -0.387 e. The molecule has 0 unspecified atom stereocenters. The van der Waals surface area contributed by atoms with Gasteiger partial charge in [-0.3, -0.25) is 0 Å². The molecule has 3 atom stereocenters. The van der Waals surface area contributed by atoms with E-state index >= 15 is 0 Å². The highest BCUT2D eigenvalue weighted by Gasteiger charge is 2.19. The molecule has 1 aliphatic heterocycles. The van der Waals surface area contributed by atoms with Gasteiger partial charge >= 0.3 is 0 Å². The Balaban J connectivity index is 1.80. The van der Waals surface area contributed by atoms with Crippen molar-refractivity contribution in [1.82, 2.24) is 5.32 Å². The predicted molar refractivity (Wildman–Crippen MR) is 72.6 cm³/mol. The predicted octanol–water partition coefficient (Wildman–Crippen LogP) is 2.19. The van der Waals surface area contributed by atoms with Gasteiger partial charge in [-0.2, -0.15) is 0 Å². The Bertz CT molecular complexity index is 363. The largest absolute Gasteiger partial charge is 0.387 e. The third kappa shape index (κ3) is 3.80. The summed E-state index contributed by atoms with van der Waals surface area (Å²) in [6, 6.07) is 8.53. The van der Waals surface area contributed by atoms with Gasteiger partial charge in [-0.15, -0.1) is 0 Å². The first-order valence-electron chi connectivity index (χ1n) is 6.75. The fraction of sp³-hybridized carbons (Fsp3) is 0.600. The van der Waals surface area contributed by atoms with Crippen LogP contribution in [0, 0.1) is 6.92 Å². The summed E-state index contributed by atoms with van der Waals surface area (Å²) >= 11 is 0. The van der Waals surface area contributed by atoms with Crippen molar-refractivity contribution in [3.05, 3.63) is 35.4 Å². The van der Waals surface area contributed by atoms with Gasteiger partial charge < -0.3 is 15.2 Å². The topological polar surface area (TPSA) is 41.5 Å². The first kappa shape index (κ1) is 13.5. The molecule has 0 aromatic heterocycles. The van der Waals surface area contributed by atoms with Crippen molar-refractivity contribution in [2.75, 3.05) is 13.2 Å². The van der Waals surface area contributed by atoms with Crippen LogP contribution in [0.3, 0.4) is 0 Å². The van der Waals surface area contributed by atoms with Crippen molar-refractivity contribution in [3.8, 4) is 0 Å². The van der Waals surface area contributed by atoms with Crippen LogP contribution in [-0.2, 0) is 4.74 Å². The minimum atomic E-state index is -0.427. The molecule has 3 heteroatoms. The van der Waals surface area contributed by atoms with Crippen LogP contribution in [0.25, 0.3) is 0 Å². The van der Waals surface area contributed by atoms with Crippen molar-refractivity contribution in [2.45, 2.75) is 44.9 Å². The van der Waals surface area contributed by atoms with Crippen molar-refractivity contribution in [1.29, 1.82) is 0 Å². The Labute approximate surface area is 109 Å². The maximum absolute atomic E-state index is 10.1. The molecule has 0 amide bonds. The van der Waals surface area contributed by atoms with E-state index in [1.807, 2.05) is 24.3 Å². The van der Waals surface area contributed by atoms with E-state index in [1.165, 1.54) is 5.56 Å². The third-order valence-corrected chi connectivity index (χ3v) is 3.55. The van der Waals surface area contributed by atoms with Crippen LogP contribution in [0.5, 0.6) is 0 Å². The van der Waals surface area contributed by atoms with Gasteiger partial charge in [-0.1, -0.05) is 29.8 Å². The lowest BCUT2D eigenvalue weighted by Crippen LogP contribution is -2.39. The van der Waals surface area contributed by atoms with Gasteiger partial charge in [0.15, 0.2) is 0 Å². The number of nitrogens with one attached hydrogen (secondary N) is 1. The highest BCUT2D eigenvalue weighted by Crippen LogP contribution is 2.16. The van der Waals surface area contributed by atoms with Crippen LogP contribution in [-0.4, -0.2) is 30.4 Å². The van der Waals surface area contributed by atoms with E-state index in [-0.39, 0.29) is 0 Å². The molecule has 2 rings (SSSR count). The Morgan fingerprint density at radius 3 is 2.78 bits per heavy atom. The number of rotatable bonds is 4. The van der Waals surface area contributed by atoms with Crippen LogP contribution in [0.15, 0.2) is 24.3 Å². The zero-order chi connectivity index (χ0) is 13.0. The summed E-state index contributed by atoms with van der Waals surface area (Å²) < 4.78 is 5.51. The van der Waals surface area contributed by atoms with Crippen LogP contribution in [0.4, 0.5) is 0 Å². The molecule has 0 radical (unpaired) electrons. The number of ether oxygens (including phenoxy) is 1. The molecular formula is C15H23NO2. The summed E-state index contributed by atoms with van der Waals surface area (Å²) in [5, 5.41) is 13.5. The van der Waals surface area contributed by atoms with Gasteiger partial charge in [0.1, 0.15) is 0 Å². The van der Waals surface area contributed by atoms with Crippen molar-refractivity contribution < 1.29 is 9.84 Å². The second-order valence-corrected chi connectivity index (χ2v) is 5.24. The number of aliphatic hydroxyl groups is 1. The fourth-order valence-corrected chi connectivity index (χ4v) is 2.37. The Kier molecular flexibility index (Phi) is 4.75. The molecule has 3 nitrogen and oxygen atoms in total. The SMILES string of the molecule is Cc1ccc([C@H](O)CN[C@H]2CCO[C@H](C)C2)cc1. The van der Waals surface area contributed by atoms with Crippen molar-refractivity contribution in [3.63, 3.8) is 0 Å². The second kappa shape index (κ2) is 6.32. The number of aliphatic hydroxyl groups excluding tert-OH is 1. The summed E-state index contributed by atoms with van der Waals surface area (Å²) in [6.07, 6.45) is 1.96. The van der Waals surface area contributed by atoms with Gasteiger partial charge in [0.2, 0.25) is 0 Å². The van der Waals surface area contributed by atoms with Gasteiger partial charge in [0.05, 0.1) is 12.2 Å². The second-order valence-electron chi connectivity index (χ2n) is 5.24. The molecule has 1 aliphatic rings. The maximum atomic E-state index is 10.1. The molecular weight excluding hydrogens is 226 g/mol. The average Bonchev–Trinajstić information content (AvgIpc) is 2.37. The zero-order valence-electron chi connectivity index (χ0n) is 11.2. The molecule has 100 valence electrons. The lowest BCUT2D eigenvalue weighted by atomic mass is 10.0. The smallest absolute Gasteiger partial charge is 0.0914 e. The van der Waals surface area contributed by atoms with Gasteiger partial charge in [-0.05, 0) is 32.3 Å². The maximum Gasteiger partial charge on any atom is 0.0914 e. The van der Waals surface area contributed by atoms with Gasteiger partial charge in [-0.25, -0.2) is 0 Å². The van der Waals surface area contributed by atoms with Crippen molar-refractivity contribution in [2.24, 2.45) is 0 Å². The summed E-state index contributed by atoms with van der Waals surface area (Å²) in [5.74, 6) is 0. The quantitative estimate of drug-likeness (QED) is 0.859. The standard InChI is InChI=1S/C15H23NO2/c1-11-3-5-13(6-4-11)15(17)10-16-14-7-8-18-12(2)9-14/h3-6,12,14-17H,7-10H2,1-2H3/t12-,14+,15-/m1/s1. The van der Waals surface area contributed by atoms with E-state index in [9.17, 15) is 5.11 Å². The molecule has 1 fully saturated rings. The highest BCUT2D eigenvalue weighted by molar-refractivity contribution is 5.23. The molecule has 0 spiro atoms. The first-order chi connectivity index (χ1) is 8.65. The zero-order valence-corrected chi connectivity index (χ0v) is 11.2. The van der Waals surface area contributed by atoms with E-state index in [2.05, 4.69) is 19.2 Å². The summed E-state index contributed by atoms with van der Waals surface area (Å²) in [7, 11) is 0. The van der Waals surface area contributed by atoms with E-state index in [0.717, 1.165) is 25.0 Å². The van der Waals surface area contributed by atoms with E-state index in [0.29, 0.717) is 18.7 Å². The van der Waals surface area contributed by atoms with Crippen LogP contribution in [0.1, 0.15) is 37.0 Å². The van der Waals surface area contributed by atoms with E-state index in [1.54, 1.807) is 0 Å². The summed E-state index contributed by atoms with van der Waals surface area (Å²) in [5.41, 5.74) is 2.20. The average molecular weight is 249 g/mol. The highest BCUT2D eigenvalue weighted by atomic mass is 16.5. The number of benzene rings is 1. The summed E-state index contributed by atoms with van der Waals surface area (Å²) in [6.45, 7) is 5.59. The molecule has 0 saturated carbocycles. The van der Waals surface area contributed by atoms with E-state index < -0.39 is 6.10 Å². The molecule has 0 bridgehead atoms.